The van der Waals surface area contributed by atoms with Gasteiger partial charge in [0.1, 0.15) is 0 Å². The third-order valence-corrected chi connectivity index (χ3v) is 3.28. The largest absolute Gasteiger partial charge is 0.389 e. The van der Waals surface area contributed by atoms with Crippen LogP contribution >= 0.6 is 0 Å². The fraction of sp³-hybridized carbons (Fsp3) is 1.00. The van der Waals surface area contributed by atoms with Crippen LogP contribution < -0.4 is 0 Å². The number of fused-ring (bicyclic) bond motifs is 1. The van der Waals surface area contributed by atoms with E-state index in [1.807, 2.05) is 13.8 Å². The molecule has 1 N–H and O–H groups in total. The van der Waals surface area contributed by atoms with E-state index in [9.17, 15) is 5.11 Å². The molecule has 1 unspecified atom stereocenters. The summed E-state index contributed by atoms with van der Waals surface area (Å²) in [5.41, 5.74) is -0.541. The van der Waals surface area contributed by atoms with Gasteiger partial charge in [-0.05, 0) is 33.2 Å². The predicted octanol–water partition coefficient (Wildman–Crippen LogP) is 0.537. The van der Waals surface area contributed by atoms with Crippen molar-refractivity contribution in [3.63, 3.8) is 0 Å². The molecule has 14 heavy (non-hydrogen) atoms. The van der Waals surface area contributed by atoms with E-state index in [1.54, 1.807) is 0 Å². The minimum absolute atomic E-state index is 0.541. The van der Waals surface area contributed by atoms with Gasteiger partial charge in [-0.1, -0.05) is 0 Å². The van der Waals surface area contributed by atoms with Gasteiger partial charge in [0.25, 0.3) is 0 Å². The summed E-state index contributed by atoms with van der Waals surface area (Å²) >= 11 is 0. The smallest absolute Gasteiger partial charge is 0.0718 e. The normalized spacial score (nSPS) is 30.6. The van der Waals surface area contributed by atoms with Crippen molar-refractivity contribution in [2.75, 3.05) is 32.7 Å². The third-order valence-electron chi connectivity index (χ3n) is 3.28. The molecule has 2 saturated heterocycles. The highest BCUT2D eigenvalue weighted by atomic mass is 16.3. The summed E-state index contributed by atoms with van der Waals surface area (Å²) in [7, 11) is 0. The Balaban J connectivity index is 1.85. The lowest BCUT2D eigenvalue weighted by Crippen LogP contribution is -2.53. The second-order valence-electron chi connectivity index (χ2n) is 5.38. The molecule has 1 atom stereocenters. The van der Waals surface area contributed by atoms with Crippen molar-refractivity contribution in [3.05, 3.63) is 0 Å². The highest BCUT2D eigenvalue weighted by Gasteiger charge is 2.32. The lowest BCUT2D eigenvalue weighted by Gasteiger charge is -2.39. The van der Waals surface area contributed by atoms with E-state index in [0.29, 0.717) is 0 Å². The molecular formula is C11H22N2O. The highest BCUT2D eigenvalue weighted by molar-refractivity contribution is 4.88. The Bertz CT molecular complexity index is 200. The first-order chi connectivity index (χ1) is 6.54. The summed E-state index contributed by atoms with van der Waals surface area (Å²) in [5, 5.41) is 9.76. The summed E-state index contributed by atoms with van der Waals surface area (Å²) in [6.45, 7) is 9.38. The van der Waals surface area contributed by atoms with E-state index in [4.69, 9.17) is 0 Å². The minimum atomic E-state index is -0.541. The number of piperazine rings is 1. The molecule has 0 amide bonds. The lowest BCUT2D eigenvalue weighted by atomic mass is 10.1. The van der Waals surface area contributed by atoms with Crippen molar-refractivity contribution < 1.29 is 5.11 Å². The number of aliphatic hydroxyl groups is 1. The van der Waals surface area contributed by atoms with E-state index in [2.05, 4.69) is 9.80 Å². The Morgan fingerprint density at radius 2 is 2.07 bits per heavy atom. The molecule has 0 aromatic carbocycles. The van der Waals surface area contributed by atoms with Crippen LogP contribution in [0.25, 0.3) is 0 Å². The van der Waals surface area contributed by atoms with Gasteiger partial charge in [0.2, 0.25) is 0 Å². The van der Waals surface area contributed by atoms with E-state index >= 15 is 0 Å². The van der Waals surface area contributed by atoms with Gasteiger partial charge in [0.05, 0.1) is 5.60 Å². The Morgan fingerprint density at radius 3 is 2.79 bits per heavy atom. The van der Waals surface area contributed by atoms with Gasteiger partial charge in [0, 0.05) is 32.2 Å². The molecule has 2 aliphatic heterocycles. The van der Waals surface area contributed by atoms with Gasteiger partial charge in [-0.15, -0.1) is 0 Å². The summed E-state index contributed by atoms with van der Waals surface area (Å²) in [6, 6.07) is 0.770. The molecule has 0 radical (unpaired) electrons. The molecule has 3 heteroatoms. The topological polar surface area (TPSA) is 26.7 Å². The van der Waals surface area contributed by atoms with Crippen molar-refractivity contribution >= 4 is 0 Å². The van der Waals surface area contributed by atoms with Crippen molar-refractivity contribution in [1.82, 2.24) is 9.80 Å². The Hall–Kier alpha value is -0.120. The molecule has 2 rings (SSSR count). The third kappa shape index (κ3) is 2.47. The fourth-order valence-electron chi connectivity index (χ4n) is 2.75. The number of hydrogen-bond acceptors (Lipinski definition) is 3. The van der Waals surface area contributed by atoms with E-state index in [1.165, 1.54) is 25.9 Å². The predicted molar refractivity (Wildman–Crippen MR) is 57.3 cm³/mol. The van der Waals surface area contributed by atoms with Gasteiger partial charge in [-0.25, -0.2) is 0 Å². The van der Waals surface area contributed by atoms with Crippen LogP contribution in [0.15, 0.2) is 0 Å². The molecule has 2 aliphatic rings. The van der Waals surface area contributed by atoms with Crippen LogP contribution in [0.3, 0.4) is 0 Å². The number of hydrogen-bond donors (Lipinski definition) is 1. The number of β-amino-alcohol motifs (C(OH)–C–C–N with tert-alkyl or cyclic N) is 1. The van der Waals surface area contributed by atoms with E-state index in [-0.39, 0.29) is 0 Å². The molecule has 0 aromatic heterocycles. The molecule has 2 fully saturated rings. The maximum Gasteiger partial charge on any atom is 0.0718 e. The zero-order chi connectivity index (χ0) is 10.2. The Kier molecular flexibility index (Phi) is 2.82. The van der Waals surface area contributed by atoms with Crippen molar-refractivity contribution in [1.29, 1.82) is 0 Å². The van der Waals surface area contributed by atoms with Gasteiger partial charge in [-0.3, -0.25) is 9.80 Å². The standard InChI is InChI=1S/C11H22N2O/c1-11(2,14)9-12-6-7-13-5-3-4-10(13)8-12/h10,14H,3-9H2,1-2H3. The Morgan fingerprint density at radius 1 is 1.29 bits per heavy atom. The van der Waals surface area contributed by atoms with Crippen LogP contribution in [-0.2, 0) is 0 Å². The average Bonchev–Trinajstić information content (AvgIpc) is 2.47. The molecule has 0 spiro atoms. The van der Waals surface area contributed by atoms with Crippen LogP contribution in [0.5, 0.6) is 0 Å². The summed E-state index contributed by atoms with van der Waals surface area (Å²) in [5.74, 6) is 0. The van der Waals surface area contributed by atoms with Crippen molar-refractivity contribution in [2.24, 2.45) is 0 Å². The number of nitrogens with zero attached hydrogens (tertiary/aromatic N) is 2. The zero-order valence-electron chi connectivity index (χ0n) is 9.37. The lowest BCUT2D eigenvalue weighted by molar-refractivity contribution is 0.00925. The number of rotatable bonds is 2. The molecule has 3 nitrogen and oxygen atoms in total. The average molecular weight is 198 g/mol. The van der Waals surface area contributed by atoms with Gasteiger partial charge < -0.3 is 5.11 Å². The summed E-state index contributed by atoms with van der Waals surface area (Å²) in [6.07, 6.45) is 2.71. The minimum Gasteiger partial charge on any atom is -0.389 e. The SMILES string of the molecule is CC(C)(O)CN1CCN2CCCC2C1. The molecule has 0 aliphatic carbocycles. The molecule has 0 saturated carbocycles. The van der Waals surface area contributed by atoms with Crippen LogP contribution in [0.4, 0.5) is 0 Å². The highest BCUT2D eigenvalue weighted by Crippen LogP contribution is 2.22. The second-order valence-corrected chi connectivity index (χ2v) is 5.38. The summed E-state index contributed by atoms with van der Waals surface area (Å²) < 4.78 is 0. The first kappa shape index (κ1) is 10.4. The van der Waals surface area contributed by atoms with E-state index in [0.717, 1.165) is 25.7 Å². The zero-order valence-corrected chi connectivity index (χ0v) is 9.37. The van der Waals surface area contributed by atoms with Gasteiger partial charge >= 0.3 is 0 Å². The maximum absolute atomic E-state index is 9.76. The van der Waals surface area contributed by atoms with Crippen LogP contribution in [0, 0.1) is 0 Å². The molecular weight excluding hydrogens is 176 g/mol. The monoisotopic (exact) mass is 198 g/mol. The fourth-order valence-corrected chi connectivity index (χ4v) is 2.75. The summed E-state index contributed by atoms with van der Waals surface area (Å²) in [4.78, 5) is 5.01. The first-order valence-electron chi connectivity index (χ1n) is 5.73. The van der Waals surface area contributed by atoms with Gasteiger partial charge in [0.15, 0.2) is 0 Å². The van der Waals surface area contributed by atoms with E-state index < -0.39 is 5.60 Å². The van der Waals surface area contributed by atoms with Crippen molar-refractivity contribution in [3.8, 4) is 0 Å². The Labute approximate surface area is 86.7 Å². The van der Waals surface area contributed by atoms with Crippen LogP contribution in [0.2, 0.25) is 0 Å². The quantitative estimate of drug-likeness (QED) is 0.701. The first-order valence-corrected chi connectivity index (χ1v) is 5.73. The van der Waals surface area contributed by atoms with Crippen LogP contribution in [0.1, 0.15) is 26.7 Å². The second kappa shape index (κ2) is 3.80. The molecule has 2 heterocycles. The van der Waals surface area contributed by atoms with Crippen molar-refractivity contribution in [2.45, 2.75) is 38.3 Å². The molecule has 82 valence electrons. The van der Waals surface area contributed by atoms with Gasteiger partial charge in [-0.2, -0.15) is 0 Å². The maximum atomic E-state index is 9.76. The van der Waals surface area contributed by atoms with Crippen LogP contribution in [-0.4, -0.2) is 59.3 Å². The molecule has 0 bridgehead atoms. The molecule has 0 aromatic rings.